The van der Waals surface area contributed by atoms with E-state index in [0.29, 0.717) is 23.5 Å². The summed E-state index contributed by atoms with van der Waals surface area (Å²) in [5.74, 6) is -0.979. The fourth-order valence-electron chi connectivity index (χ4n) is 1.99. The Hall–Kier alpha value is -2.02. The molecule has 0 aliphatic heterocycles. The lowest BCUT2D eigenvalue weighted by Gasteiger charge is -2.02. The highest BCUT2D eigenvalue weighted by Crippen LogP contribution is 2.21. The van der Waals surface area contributed by atoms with E-state index in [1.165, 1.54) is 23.9 Å². The van der Waals surface area contributed by atoms with Gasteiger partial charge in [0.1, 0.15) is 11.5 Å². The molecule has 0 unspecified atom stereocenters. The molecule has 0 aliphatic rings. The Morgan fingerprint density at radius 3 is 2.86 bits per heavy atom. The minimum absolute atomic E-state index is 0.0146. The molecule has 0 saturated heterocycles. The monoisotopic (exact) mass is 310 g/mol. The van der Waals surface area contributed by atoms with E-state index in [9.17, 15) is 14.0 Å². The number of aliphatic carboxylic acids is 1. The van der Waals surface area contributed by atoms with Gasteiger partial charge in [-0.1, -0.05) is 0 Å². The van der Waals surface area contributed by atoms with Crippen molar-refractivity contribution in [2.45, 2.75) is 6.92 Å². The number of hydrogen-bond donors (Lipinski definition) is 3. The Kier molecular flexibility index (Phi) is 4.85. The number of halogens is 1. The van der Waals surface area contributed by atoms with Crippen LogP contribution >= 0.6 is 11.8 Å². The maximum atomic E-state index is 13.3. The van der Waals surface area contributed by atoms with Crippen LogP contribution in [-0.4, -0.2) is 40.0 Å². The van der Waals surface area contributed by atoms with Crippen LogP contribution < -0.4 is 5.32 Å². The van der Waals surface area contributed by atoms with Crippen molar-refractivity contribution in [3.8, 4) is 0 Å². The van der Waals surface area contributed by atoms with Gasteiger partial charge in [0.05, 0.1) is 5.75 Å². The van der Waals surface area contributed by atoms with Crippen LogP contribution in [-0.2, 0) is 4.79 Å². The van der Waals surface area contributed by atoms with E-state index >= 15 is 0 Å². The Morgan fingerprint density at radius 1 is 1.38 bits per heavy atom. The molecule has 5 nitrogen and oxygen atoms in total. The van der Waals surface area contributed by atoms with Crippen molar-refractivity contribution in [2.75, 3.05) is 18.1 Å². The molecule has 1 aromatic heterocycles. The normalized spacial score (nSPS) is 10.8. The average Bonchev–Trinajstić information content (AvgIpc) is 2.82. The molecule has 0 fully saturated rings. The molecular weight excluding hydrogens is 295 g/mol. The highest BCUT2D eigenvalue weighted by Gasteiger charge is 2.11. The second-order valence-corrected chi connectivity index (χ2v) is 5.67. The molecule has 112 valence electrons. The van der Waals surface area contributed by atoms with Gasteiger partial charge in [-0.2, -0.15) is 0 Å². The van der Waals surface area contributed by atoms with Crippen LogP contribution in [0.4, 0.5) is 4.39 Å². The number of aromatic nitrogens is 1. The number of carboxylic acid groups (broad SMARTS) is 1. The Labute approximate surface area is 124 Å². The van der Waals surface area contributed by atoms with Gasteiger partial charge in [-0.05, 0) is 30.7 Å². The zero-order chi connectivity index (χ0) is 15.4. The van der Waals surface area contributed by atoms with Gasteiger partial charge in [0, 0.05) is 23.2 Å². The number of hydrogen-bond acceptors (Lipinski definition) is 3. The molecule has 1 aromatic carbocycles. The highest BCUT2D eigenvalue weighted by molar-refractivity contribution is 7.99. The second kappa shape index (κ2) is 6.62. The van der Waals surface area contributed by atoms with Gasteiger partial charge in [0.25, 0.3) is 5.91 Å². The summed E-state index contributed by atoms with van der Waals surface area (Å²) in [7, 11) is 0. The number of rotatable bonds is 6. The topological polar surface area (TPSA) is 82.2 Å². The number of aromatic amines is 1. The molecule has 3 N–H and O–H groups in total. The summed E-state index contributed by atoms with van der Waals surface area (Å²) < 4.78 is 13.3. The van der Waals surface area contributed by atoms with Gasteiger partial charge in [-0.15, -0.1) is 11.8 Å². The maximum Gasteiger partial charge on any atom is 0.313 e. The van der Waals surface area contributed by atoms with Gasteiger partial charge < -0.3 is 15.4 Å². The summed E-state index contributed by atoms with van der Waals surface area (Å²) in [4.78, 5) is 25.2. The molecule has 0 saturated carbocycles. The smallest absolute Gasteiger partial charge is 0.313 e. The molecular formula is C14H15FN2O3S. The predicted molar refractivity (Wildman–Crippen MR) is 80.3 cm³/mol. The number of carboxylic acids is 1. The number of benzene rings is 1. The van der Waals surface area contributed by atoms with Crippen LogP contribution in [0.1, 0.15) is 16.1 Å². The Morgan fingerprint density at radius 2 is 2.14 bits per heavy atom. The first-order chi connectivity index (χ1) is 9.97. The molecule has 7 heteroatoms. The molecule has 0 radical (unpaired) electrons. The van der Waals surface area contributed by atoms with Crippen LogP contribution in [0.25, 0.3) is 10.9 Å². The van der Waals surface area contributed by atoms with Gasteiger partial charge in [-0.3, -0.25) is 9.59 Å². The lowest BCUT2D eigenvalue weighted by atomic mass is 10.1. The summed E-state index contributed by atoms with van der Waals surface area (Å²) in [6.45, 7) is 2.16. The van der Waals surface area contributed by atoms with Crippen molar-refractivity contribution in [2.24, 2.45) is 0 Å². The Balaban J connectivity index is 1.97. The standard InChI is InChI=1S/C14H15FN2O3S/c1-8-4-9(15)5-11-10(8)6-12(17-11)14(20)16-2-3-21-7-13(18)19/h4-6,17H,2-3,7H2,1H3,(H,16,20)(H,18,19). The molecule has 1 amide bonds. The van der Waals surface area contributed by atoms with E-state index in [2.05, 4.69) is 10.3 Å². The lowest BCUT2D eigenvalue weighted by Crippen LogP contribution is -2.26. The van der Waals surface area contributed by atoms with Gasteiger partial charge in [-0.25, -0.2) is 4.39 Å². The third-order valence-electron chi connectivity index (χ3n) is 2.91. The molecule has 0 spiro atoms. The number of amides is 1. The van der Waals surface area contributed by atoms with E-state index in [1.807, 2.05) is 0 Å². The van der Waals surface area contributed by atoms with Gasteiger partial charge in [0.2, 0.25) is 0 Å². The summed E-state index contributed by atoms with van der Waals surface area (Å²) in [6, 6.07) is 4.45. The number of carbonyl (C=O) groups is 2. The van der Waals surface area contributed by atoms with E-state index in [4.69, 9.17) is 5.11 Å². The highest BCUT2D eigenvalue weighted by atomic mass is 32.2. The van der Waals surface area contributed by atoms with Crippen LogP contribution in [0.2, 0.25) is 0 Å². The lowest BCUT2D eigenvalue weighted by molar-refractivity contribution is -0.133. The van der Waals surface area contributed by atoms with Crippen molar-refractivity contribution >= 4 is 34.5 Å². The average molecular weight is 310 g/mol. The van der Waals surface area contributed by atoms with E-state index in [0.717, 1.165) is 10.9 Å². The molecule has 2 aromatic rings. The van der Waals surface area contributed by atoms with Crippen molar-refractivity contribution in [1.29, 1.82) is 0 Å². The quantitative estimate of drug-likeness (QED) is 0.714. The molecule has 0 aliphatic carbocycles. The first-order valence-electron chi connectivity index (χ1n) is 6.34. The number of aryl methyl sites for hydroxylation is 1. The van der Waals surface area contributed by atoms with Gasteiger partial charge >= 0.3 is 5.97 Å². The first kappa shape index (κ1) is 15.4. The van der Waals surface area contributed by atoms with Crippen LogP contribution in [0.5, 0.6) is 0 Å². The SMILES string of the molecule is Cc1cc(F)cc2[nH]c(C(=O)NCCSCC(=O)O)cc12. The summed E-state index contributed by atoms with van der Waals surface area (Å²) in [6.07, 6.45) is 0. The minimum atomic E-state index is -0.876. The van der Waals surface area contributed by atoms with Crippen LogP contribution in [0.15, 0.2) is 18.2 Å². The van der Waals surface area contributed by atoms with Crippen LogP contribution in [0, 0.1) is 12.7 Å². The number of nitrogens with one attached hydrogen (secondary N) is 2. The molecule has 21 heavy (non-hydrogen) atoms. The number of H-pyrrole nitrogens is 1. The number of thioether (sulfide) groups is 1. The summed E-state index contributed by atoms with van der Waals surface area (Å²) in [5.41, 5.74) is 1.71. The van der Waals surface area contributed by atoms with Gasteiger partial charge in [0.15, 0.2) is 0 Å². The second-order valence-electron chi connectivity index (χ2n) is 4.57. The predicted octanol–water partition coefficient (Wildman–Crippen LogP) is 2.16. The van der Waals surface area contributed by atoms with Crippen LogP contribution in [0.3, 0.4) is 0 Å². The first-order valence-corrected chi connectivity index (χ1v) is 7.49. The zero-order valence-corrected chi connectivity index (χ0v) is 12.2. The fraction of sp³-hybridized carbons (Fsp3) is 0.286. The Bertz CT molecular complexity index is 684. The molecule has 0 atom stereocenters. The maximum absolute atomic E-state index is 13.3. The largest absolute Gasteiger partial charge is 0.481 e. The van der Waals surface area contributed by atoms with E-state index < -0.39 is 5.97 Å². The van der Waals surface area contributed by atoms with E-state index in [-0.39, 0.29) is 17.5 Å². The third kappa shape index (κ3) is 3.98. The zero-order valence-electron chi connectivity index (χ0n) is 11.4. The summed E-state index contributed by atoms with van der Waals surface area (Å²) in [5, 5.41) is 12.0. The number of fused-ring (bicyclic) bond motifs is 1. The third-order valence-corrected chi connectivity index (χ3v) is 3.86. The molecule has 1 heterocycles. The summed E-state index contributed by atoms with van der Waals surface area (Å²) >= 11 is 1.23. The molecule has 2 rings (SSSR count). The van der Waals surface area contributed by atoms with Crippen molar-refractivity contribution in [3.63, 3.8) is 0 Å². The molecule has 0 bridgehead atoms. The van der Waals surface area contributed by atoms with E-state index in [1.54, 1.807) is 13.0 Å². The fourth-order valence-corrected chi connectivity index (χ4v) is 2.55. The van der Waals surface area contributed by atoms with Crippen molar-refractivity contribution in [1.82, 2.24) is 10.3 Å². The van der Waals surface area contributed by atoms with Crippen molar-refractivity contribution in [3.05, 3.63) is 35.3 Å². The number of carbonyl (C=O) groups excluding carboxylic acids is 1. The minimum Gasteiger partial charge on any atom is -0.481 e. The van der Waals surface area contributed by atoms with Crippen molar-refractivity contribution < 1.29 is 19.1 Å².